The standard InChI is InChI=1S/C12H15ClO/c1-3-9(2)8-12(14)10-6-4-5-7-11(10)13/h4-7,12,14H,2-3,8H2,1H3. The molecule has 0 saturated carbocycles. The van der Waals surface area contributed by atoms with Crippen molar-refractivity contribution in [3.8, 4) is 0 Å². The lowest BCUT2D eigenvalue weighted by molar-refractivity contribution is 0.177. The highest BCUT2D eigenvalue weighted by Gasteiger charge is 2.11. The van der Waals surface area contributed by atoms with Gasteiger partial charge in [-0.15, -0.1) is 0 Å². The monoisotopic (exact) mass is 210 g/mol. The number of hydrogen-bond acceptors (Lipinski definition) is 1. The van der Waals surface area contributed by atoms with Crippen LogP contribution >= 0.6 is 11.6 Å². The first kappa shape index (κ1) is 11.3. The SMILES string of the molecule is C=C(CC)CC(O)c1ccccc1Cl. The molecule has 0 heterocycles. The van der Waals surface area contributed by atoms with E-state index < -0.39 is 6.10 Å². The average Bonchev–Trinajstić information content (AvgIpc) is 2.18. The van der Waals surface area contributed by atoms with E-state index in [-0.39, 0.29) is 0 Å². The van der Waals surface area contributed by atoms with Crippen LogP contribution in [0, 0.1) is 0 Å². The Morgan fingerprint density at radius 3 is 2.71 bits per heavy atom. The normalized spacial score (nSPS) is 12.5. The third kappa shape index (κ3) is 2.86. The Balaban J connectivity index is 2.74. The van der Waals surface area contributed by atoms with Gasteiger partial charge in [0.2, 0.25) is 0 Å². The van der Waals surface area contributed by atoms with Crippen LogP contribution in [0.3, 0.4) is 0 Å². The van der Waals surface area contributed by atoms with Crippen molar-refractivity contribution in [1.29, 1.82) is 0 Å². The first-order chi connectivity index (χ1) is 6.65. The molecule has 0 aromatic heterocycles. The molecule has 76 valence electrons. The van der Waals surface area contributed by atoms with Crippen LogP contribution in [0.15, 0.2) is 36.4 Å². The lowest BCUT2D eigenvalue weighted by Gasteiger charge is -2.13. The van der Waals surface area contributed by atoms with Gasteiger partial charge in [-0.2, -0.15) is 0 Å². The average molecular weight is 211 g/mol. The fraction of sp³-hybridized carbons (Fsp3) is 0.333. The number of benzene rings is 1. The van der Waals surface area contributed by atoms with E-state index in [4.69, 9.17) is 11.6 Å². The van der Waals surface area contributed by atoms with Crippen molar-refractivity contribution in [3.63, 3.8) is 0 Å². The summed E-state index contributed by atoms with van der Waals surface area (Å²) in [5.74, 6) is 0. The first-order valence-corrected chi connectivity index (χ1v) is 5.12. The lowest BCUT2D eigenvalue weighted by Crippen LogP contribution is -1.99. The summed E-state index contributed by atoms with van der Waals surface area (Å²) in [5.41, 5.74) is 1.82. The van der Waals surface area contributed by atoms with Crippen LogP contribution < -0.4 is 0 Å². The molecular weight excluding hydrogens is 196 g/mol. The van der Waals surface area contributed by atoms with Crippen LogP contribution in [-0.4, -0.2) is 5.11 Å². The van der Waals surface area contributed by atoms with E-state index in [1.165, 1.54) is 0 Å². The summed E-state index contributed by atoms with van der Waals surface area (Å²) in [7, 11) is 0. The quantitative estimate of drug-likeness (QED) is 0.751. The van der Waals surface area contributed by atoms with Gasteiger partial charge in [0.15, 0.2) is 0 Å². The second-order valence-electron chi connectivity index (χ2n) is 3.34. The van der Waals surface area contributed by atoms with E-state index in [9.17, 15) is 5.11 Å². The van der Waals surface area contributed by atoms with Crippen molar-refractivity contribution < 1.29 is 5.11 Å². The van der Waals surface area contributed by atoms with Crippen LogP contribution in [0.2, 0.25) is 5.02 Å². The molecule has 1 nitrogen and oxygen atoms in total. The molecule has 14 heavy (non-hydrogen) atoms. The molecule has 0 fully saturated rings. The van der Waals surface area contributed by atoms with Gasteiger partial charge in [0.1, 0.15) is 0 Å². The molecule has 0 aliphatic rings. The van der Waals surface area contributed by atoms with Crippen LogP contribution in [-0.2, 0) is 0 Å². The Morgan fingerprint density at radius 1 is 1.50 bits per heavy atom. The van der Waals surface area contributed by atoms with E-state index >= 15 is 0 Å². The topological polar surface area (TPSA) is 20.2 Å². The maximum Gasteiger partial charge on any atom is 0.0841 e. The molecule has 0 spiro atoms. The van der Waals surface area contributed by atoms with Crippen LogP contribution in [0.5, 0.6) is 0 Å². The number of rotatable bonds is 4. The molecule has 0 amide bonds. The minimum absolute atomic E-state index is 0.531. The maximum atomic E-state index is 9.86. The highest BCUT2D eigenvalue weighted by molar-refractivity contribution is 6.31. The molecule has 0 saturated heterocycles. The van der Waals surface area contributed by atoms with E-state index in [0.29, 0.717) is 11.4 Å². The van der Waals surface area contributed by atoms with Gasteiger partial charge >= 0.3 is 0 Å². The van der Waals surface area contributed by atoms with Gasteiger partial charge in [0.25, 0.3) is 0 Å². The molecular formula is C12H15ClO. The summed E-state index contributed by atoms with van der Waals surface area (Å²) in [4.78, 5) is 0. The molecule has 1 unspecified atom stereocenters. The third-order valence-corrected chi connectivity index (χ3v) is 2.59. The molecule has 1 rings (SSSR count). The van der Waals surface area contributed by atoms with Crippen molar-refractivity contribution in [2.45, 2.75) is 25.9 Å². The highest BCUT2D eigenvalue weighted by atomic mass is 35.5. The Bertz CT molecular complexity index is 320. The maximum absolute atomic E-state index is 9.86. The highest BCUT2D eigenvalue weighted by Crippen LogP contribution is 2.27. The van der Waals surface area contributed by atoms with Crippen molar-refractivity contribution in [1.82, 2.24) is 0 Å². The Morgan fingerprint density at radius 2 is 2.14 bits per heavy atom. The van der Waals surface area contributed by atoms with Crippen molar-refractivity contribution >= 4 is 11.6 Å². The zero-order chi connectivity index (χ0) is 10.6. The summed E-state index contributed by atoms with van der Waals surface area (Å²) in [6.45, 7) is 5.89. The van der Waals surface area contributed by atoms with Gasteiger partial charge in [-0.1, -0.05) is 48.9 Å². The summed E-state index contributed by atoms with van der Waals surface area (Å²) in [6, 6.07) is 7.36. The Hall–Kier alpha value is -0.790. The van der Waals surface area contributed by atoms with Gasteiger partial charge in [-0.25, -0.2) is 0 Å². The van der Waals surface area contributed by atoms with Gasteiger partial charge in [-0.3, -0.25) is 0 Å². The van der Waals surface area contributed by atoms with E-state index in [1.54, 1.807) is 6.07 Å². The van der Waals surface area contributed by atoms with Gasteiger partial charge in [0, 0.05) is 5.02 Å². The Kier molecular flexibility index (Phi) is 4.18. The minimum atomic E-state index is -0.531. The molecule has 2 heteroatoms. The summed E-state index contributed by atoms with van der Waals surface area (Å²) < 4.78 is 0. The third-order valence-electron chi connectivity index (χ3n) is 2.25. The van der Waals surface area contributed by atoms with Crippen LogP contribution in [0.1, 0.15) is 31.4 Å². The molecule has 1 atom stereocenters. The molecule has 0 radical (unpaired) electrons. The fourth-order valence-corrected chi connectivity index (χ4v) is 1.53. The molecule has 1 aromatic carbocycles. The van der Waals surface area contributed by atoms with E-state index in [1.807, 2.05) is 25.1 Å². The van der Waals surface area contributed by atoms with E-state index in [2.05, 4.69) is 6.58 Å². The predicted octanol–water partition coefficient (Wildman–Crippen LogP) is 3.73. The number of hydrogen-bond donors (Lipinski definition) is 1. The second kappa shape index (κ2) is 5.18. The van der Waals surface area contributed by atoms with E-state index in [0.717, 1.165) is 17.6 Å². The summed E-state index contributed by atoms with van der Waals surface area (Å²) in [6.07, 6.45) is 0.943. The van der Waals surface area contributed by atoms with Crippen molar-refractivity contribution in [2.75, 3.05) is 0 Å². The zero-order valence-electron chi connectivity index (χ0n) is 8.33. The van der Waals surface area contributed by atoms with Gasteiger partial charge < -0.3 is 5.11 Å². The molecule has 0 aliphatic heterocycles. The second-order valence-corrected chi connectivity index (χ2v) is 3.75. The molecule has 0 bridgehead atoms. The smallest absolute Gasteiger partial charge is 0.0841 e. The molecule has 0 aliphatic carbocycles. The van der Waals surface area contributed by atoms with Crippen LogP contribution in [0.25, 0.3) is 0 Å². The van der Waals surface area contributed by atoms with Gasteiger partial charge in [-0.05, 0) is 24.5 Å². The number of aliphatic hydroxyl groups is 1. The minimum Gasteiger partial charge on any atom is -0.388 e. The predicted molar refractivity (Wildman–Crippen MR) is 60.5 cm³/mol. The lowest BCUT2D eigenvalue weighted by atomic mass is 10.0. The molecule has 1 N–H and O–H groups in total. The van der Waals surface area contributed by atoms with Gasteiger partial charge in [0.05, 0.1) is 6.10 Å². The fourth-order valence-electron chi connectivity index (χ4n) is 1.27. The molecule has 1 aromatic rings. The van der Waals surface area contributed by atoms with Crippen LogP contribution in [0.4, 0.5) is 0 Å². The Labute approximate surface area is 90.0 Å². The van der Waals surface area contributed by atoms with Crippen molar-refractivity contribution in [3.05, 3.63) is 47.0 Å². The largest absolute Gasteiger partial charge is 0.388 e. The first-order valence-electron chi connectivity index (χ1n) is 4.74. The summed E-state index contributed by atoms with van der Waals surface area (Å²) in [5, 5.41) is 10.5. The van der Waals surface area contributed by atoms with Crippen molar-refractivity contribution in [2.24, 2.45) is 0 Å². The summed E-state index contributed by atoms with van der Waals surface area (Å²) >= 11 is 5.96. The number of halogens is 1. The zero-order valence-corrected chi connectivity index (χ0v) is 9.09. The number of aliphatic hydroxyl groups excluding tert-OH is 1.